The van der Waals surface area contributed by atoms with E-state index in [9.17, 15) is 9.90 Å². The van der Waals surface area contributed by atoms with Crippen molar-refractivity contribution in [3.63, 3.8) is 0 Å². The number of nitrogens with zero attached hydrogens (tertiary/aromatic N) is 2. The quantitative estimate of drug-likeness (QED) is 0.394. The third-order valence-corrected chi connectivity index (χ3v) is 5.96. The van der Waals surface area contributed by atoms with Gasteiger partial charge in [0.05, 0.1) is 6.61 Å². The molecule has 0 saturated carbocycles. The number of benzene rings is 2. The Morgan fingerprint density at radius 1 is 1.31 bits per heavy atom. The van der Waals surface area contributed by atoms with Crippen molar-refractivity contribution < 1.29 is 19.1 Å². The molecule has 3 heterocycles. The van der Waals surface area contributed by atoms with Gasteiger partial charge < -0.3 is 24.6 Å². The summed E-state index contributed by atoms with van der Waals surface area (Å²) in [5, 5.41) is 13.8. The molecule has 4 aromatic rings. The third-order valence-electron chi connectivity index (χ3n) is 5.96. The van der Waals surface area contributed by atoms with Crippen LogP contribution >= 0.6 is 0 Å². The Morgan fingerprint density at radius 3 is 2.94 bits per heavy atom. The van der Waals surface area contributed by atoms with Gasteiger partial charge in [-0.3, -0.25) is 4.90 Å². The van der Waals surface area contributed by atoms with Gasteiger partial charge in [-0.25, -0.2) is 4.79 Å². The van der Waals surface area contributed by atoms with E-state index in [4.69, 9.17) is 9.15 Å². The second-order valence-electron chi connectivity index (χ2n) is 8.14. The Balaban J connectivity index is 1.22. The van der Waals surface area contributed by atoms with Crippen molar-refractivity contribution in [2.24, 2.45) is 0 Å². The van der Waals surface area contributed by atoms with Gasteiger partial charge in [-0.1, -0.05) is 6.07 Å². The molecular weight excluding hydrogens is 408 g/mol. The average molecular weight is 434 g/mol. The molecule has 1 saturated heterocycles. The van der Waals surface area contributed by atoms with Gasteiger partial charge >= 0.3 is 5.97 Å². The maximum absolute atomic E-state index is 11.4. The normalized spacial score (nSPS) is 15.4. The van der Waals surface area contributed by atoms with Crippen molar-refractivity contribution in [3.05, 3.63) is 53.7 Å². The minimum absolute atomic E-state index is 0.128. The van der Waals surface area contributed by atoms with E-state index in [0.29, 0.717) is 23.7 Å². The highest BCUT2D eigenvalue weighted by atomic mass is 16.5. The SMILES string of the molecule is CCOc1cc(CN2CCC(Nc3nc4cccc(C(=O)O)c4o3)CC2)cc2[nH]ccc12. The zero-order valence-corrected chi connectivity index (χ0v) is 17.9. The van der Waals surface area contributed by atoms with Crippen LogP contribution in [-0.2, 0) is 6.54 Å². The van der Waals surface area contributed by atoms with Crippen molar-refractivity contribution in [1.29, 1.82) is 0 Å². The predicted molar refractivity (Wildman–Crippen MR) is 122 cm³/mol. The Labute approximate surface area is 185 Å². The van der Waals surface area contributed by atoms with E-state index in [1.54, 1.807) is 12.1 Å². The molecule has 0 aliphatic carbocycles. The second kappa shape index (κ2) is 8.55. The number of aromatic amines is 1. The molecule has 1 aliphatic rings. The Hall–Kier alpha value is -3.52. The molecule has 0 atom stereocenters. The number of carbonyl (C=O) groups is 1. The lowest BCUT2D eigenvalue weighted by molar-refractivity contribution is 0.0698. The number of aromatic carboxylic acids is 1. The zero-order chi connectivity index (χ0) is 22.1. The van der Waals surface area contributed by atoms with E-state index < -0.39 is 5.97 Å². The van der Waals surface area contributed by atoms with Crippen molar-refractivity contribution in [1.82, 2.24) is 14.9 Å². The van der Waals surface area contributed by atoms with Gasteiger partial charge in [-0.15, -0.1) is 0 Å². The van der Waals surface area contributed by atoms with Gasteiger partial charge in [0.25, 0.3) is 6.01 Å². The summed E-state index contributed by atoms with van der Waals surface area (Å²) < 4.78 is 11.6. The second-order valence-corrected chi connectivity index (χ2v) is 8.14. The van der Waals surface area contributed by atoms with E-state index >= 15 is 0 Å². The monoisotopic (exact) mass is 434 g/mol. The number of piperidine rings is 1. The first-order valence-electron chi connectivity index (χ1n) is 10.9. The molecule has 0 radical (unpaired) electrons. The summed E-state index contributed by atoms with van der Waals surface area (Å²) in [6.45, 7) is 5.41. The summed E-state index contributed by atoms with van der Waals surface area (Å²) in [5.41, 5.74) is 3.32. The van der Waals surface area contributed by atoms with Crippen LogP contribution < -0.4 is 10.1 Å². The van der Waals surface area contributed by atoms with Crippen LogP contribution in [0.1, 0.15) is 35.7 Å². The molecular formula is C24H26N4O4. The first-order valence-corrected chi connectivity index (χ1v) is 10.9. The first kappa shape index (κ1) is 20.4. The summed E-state index contributed by atoms with van der Waals surface area (Å²) in [4.78, 5) is 21.5. The molecule has 5 rings (SSSR count). The van der Waals surface area contributed by atoms with E-state index in [0.717, 1.165) is 49.1 Å². The van der Waals surface area contributed by atoms with Gasteiger partial charge in [0.15, 0.2) is 5.58 Å². The fourth-order valence-corrected chi connectivity index (χ4v) is 4.40. The van der Waals surface area contributed by atoms with Crippen LogP contribution in [0.15, 0.2) is 47.0 Å². The molecule has 0 amide bonds. The highest BCUT2D eigenvalue weighted by molar-refractivity contribution is 6.00. The fourth-order valence-electron chi connectivity index (χ4n) is 4.40. The lowest BCUT2D eigenvalue weighted by atomic mass is 10.0. The number of carboxylic acids is 1. The van der Waals surface area contributed by atoms with Gasteiger partial charge in [0, 0.05) is 42.8 Å². The molecule has 8 heteroatoms. The number of H-pyrrole nitrogens is 1. The van der Waals surface area contributed by atoms with Gasteiger partial charge in [0.2, 0.25) is 0 Å². The summed E-state index contributed by atoms with van der Waals surface area (Å²) in [6.07, 6.45) is 3.85. The lowest BCUT2D eigenvalue weighted by Gasteiger charge is -2.32. The lowest BCUT2D eigenvalue weighted by Crippen LogP contribution is -2.38. The Kier molecular flexibility index (Phi) is 5.45. The van der Waals surface area contributed by atoms with Crippen LogP contribution in [0, 0.1) is 0 Å². The van der Waals surface area contributed by atoms with Crippen molar-refractivity contribution in [3.8, 4) is 5.75 Å². The maximum Gasteiger partial charge on any atom is 0.339 e. The number of anilines is 1. The number of ether oxygens (including phenoxy) is 1. The smallest absolute Gasteiger partial charge is 0.339 e. The van der Waals surface area contributed by atoms with Crippen LogP contribution in [0.3, 0.4) is 0 Å². The predicted octanol–water partition coefficient (Wildman–Crippen LogP) is 4.48. The molecule has 1 aliphatic heterocycles. The largest absolute Gasteiger partial charge is 0.493 e. The van der Waals surface area contributed by atoms with E-state index in [-0.39, 0.29) is 11.6 Å². The van der Waals surface area contributed by atoms with Crippen molar-refractivity contribution in [2.45, 2.75) is 32.4 Å². The first-order chi connectivity index (χ1) is 15.6. The minimum Gasteiger partial charge on any atom is -0.493 e. The third kappa shape index (κ3) is 4.01. The topological polar surface area (TPSA) is 104 Å². The molecule has 2 aromatic carbocycles. The van der Waals surface area contributed by atoms with E-state index in [2.05, 4.69) is 32.3 Å². The van der Waals surface area contributed by atoms with Crippen LogP contribution in [0.2, 0.25) is 0 Å². The Morgan fingerprint density at radius 2 is 2.16 bits per heavy atom. The molecule has 166 valence electrons. The number of hydrogen-bond acceptors (Lipinski definition) is 6. The van der Waals surface area contributed by atoms with Crippen LogP contribution in [0.5, 0.6) is 5.75 Å². The minimum atomic E-state index is -1.02. The highest BCUT2D eigenvalue weighted by Gasteiger charge is 2.22. The Bertz CT molecular complexity index is 1250. The van der Waals surface area contributed by atoms with Gasteiger partial charge in [0.1, 0.15) is 16.8 Å². The van der Waals surface area contributed by atoms with Crippen LogP contribution in [0.25, 0.3) is 22.0 Å². The number of rotatable bonds is 7. The zero-order valence-electron chi connectivity index (χ0n) is 17.9. The molecule has 2 aromatic heterocycles. The molecule has 0 unspecified atom stereocenters. The van der Waals surface area contributed by atoms with Crippen LogP contribution in [0.4, 0.5) is 6.01 Å². The van der Waals surface area contributed by atoms with Gasteiger partial charge in [-0.2, -0.15) is 4.98 Å². The van der Waals surface area contributed by atoms with E-state index in [1.165, 1.54) is 11.6 Å². The van der Waals surface area contributed by atoms with Crippen molar-refractivity contribution >= 4 is 34.0 Å². The van der Waals surface area contributed by atoms with Crippen molar-refractivity contribution in [2.75, 3.05) is 25.0 Å². The average Bonchev–Trinajstić information content (AvgIpc) is 3.41. The number of likely N-dealkylation sites (tertiary alicyclic amines) is 1. The summed E-state index contributed by atoms with van der Waals surface area (Å²) in [7, 11) is 0. The highest BCUT2D eigenvalue weighted by Crippen LogP contribution is 2.29. The number of para-hydroxylation sites is 1. The number of hydrogen-bond donors (Lipinski definition) is 3. The summed E-state index contributed by atoms with van der Waals surface area (Å²) in [6, 6.07) is 12.0. The number of fused-ring (bicyclic) bond motifs is 2. The number of carboxylic acid groups (broad SMARTS) is 1. The number of oxazole rings is 1. The van der Waals surface area contributed by atoms with Gasteiger partial charge in [-0.05, 0) is 55.7 Å². The maximum atomic E-state index is 11.4. The molecule has 0 bridgehead atoms. The molecule has 8 nitrogen and oxygen atoms in total. The molecule has 1 fully saturated rings. The van der Waals surface area contributed by atoms with Crippen LogP contribution in [-0.4, -0.2) is 51.7 Å². The molecule has 0 spiro atoms. The molecule has 32 heavy (non-hydrogen) atoms. The standard InChI is InChI=1S/C24H26N4O4/c1-2-31-21-13-15(12-20-17(21)6-9-25-20)14-28-10-7-16(8-11-28)26-24-27-19-5-3-4-18(23(29)30)22(19)32-24/h3-6,9,12-13,16,25H,2,7-8,10-11,14H2,1H3,(H,26,27)(H,29,30). The van der Waals surface area contributed by atoms with E-state index in [1.807, 2.05) is 19.2 Å². The number of nitrogens with one attached hydrogen (secondary N) is 2. The summed E-state index contributed by atoms with van der Waals surface area (Å²) >= 11 is 0. The summed E-state index contributed by atoms with van der Waals surface area (Å²) in [5.74, 6) is -0.0915. The molecule has 3 N–H and O–H groups in total. The number of aromatic nitrogens is 2. The fraction of sp³-hybridized carbons (Fsp3) is 0.333.